The first kappa shape index (κ1) is 20.5. The van der Waals surface area contributed by atoms with Gasteiger partial charge in [0.1, 0.15) is 6.04 Å². The smallest absolute Gasteiger partial charge is 0.320 e. The standard InChI is InChI=1S/C17H22ClN3O2.ClH/c1-11-15(10-20(4)13(3)17(22)23)12(2)21(19-11)9-14-7-5-6-8-16(14)18;/h5-8,13H,9-10H2,1-4H3,(H,22,23);1H. The summed E-state index contributed by atoms with van der Waals surface area (Å²) in [4.78, 5) is 12.9. The number of benzene rings is 1. The van der Waals surface area contributed by atoms with E-state index >= 15 is 0 Å². The van der Waals surface area contributed by atoms with Gasteiger partial charge in [0.25, 0.3) is 0 Å². The fourth-order valence-electron chi connectivity index (χ4n) is 2.48. The van der Waals surface area contributed by atoms with Crippen molar-refractivity contribution in [2.45, 2.75) is 39.9 Å². The number of carboxylic acids is 1. The van der Waals surface area contributed by atoms with E-state index in [1.165, 1.54) is 0 Å². The summed E-state index contributed by atoms with van der Waals surface area (Å²) in [6, 6.07) is 7.17. The van der Waals surface area contributed by atoms with Crippen LogP contribution in [-0.4, -0.2) is 38.8 Å². The van der Waals surface area contributed by atoms with Crippen molar-refractivity contribution in [3.63, 3.8) is 0 Å². The molecule has 0 aliphatic heterocycles. The normalized spacial score (nSPS) is 12.1. The highest BCUT2D eigenvalue weighted by molar-refractivity contribution is 6.31. The molecule has 1 aromatic carbocycles. The molecule has 5 nitrogen and oxygen atoms in total. The molecule has 0 aliphatic carbocycles. The summed E-state index contributed by atoms with van der Waals surface area (Å²) in [6.07, 6.45) is 0. The molecule has 7 heteroatoms. The fraction of sp³-hybridized carbons (Fsp3) is 0.412. The van der Waals surface area contributed by atoms with Crippen molar-refractivity contribution in [1.82, 2.24) is 14.7 Å². The number of rotatable bonds is 6. The van der Waals surface area contributed by atoms with Crippen molar-refractivity contribution in [3.8, 4) is 0 Å². The highest BCUT2D eigenvalue weighted by Crippen LogP contribution is 2.20. The van der Waals surface area contributed by atoms with Crippen LogP contribution in [0.15, 0.2) is 24.3 Å². The third kappa shape index (κ3) is 4.50. The summed E-state index contributed by atoms with van der Waals surface area (Å²) < 4.78 is 1.92. The third-order valence-electron chi connectivity index (χ3n) is 4.24. The molecular weight excluding hydrogens is 349 g/mol. The largest absolute Gasteiger partial charge is 0.480 e. The van der Waals surface area contributed by atoms with E-state index in [1.54, 1.807) is 11.8 Å². The van der Waals surface area contributed by atoms with E-state index in [0.717, 1.165) is 27.5 Å². The Bertz CT molecular complexity index is 716. The van der Waals surface area contributed by atoms with Crippen LogP contribution in [0.3, 0.4) is 0 Å². The molecule has 0 fully saturated rings. The fourth-order valence-corrected chi connectivity index (χ4v) is 2.68. The van der Waals surface area contributed by atoms with Gasteiger partial charge in [-0.05, 0) is 39.4 Å². The van der Waals surface area contributed by atoms with Crippen molar-refractivity contribution in [1.29, 1.82) is 0 Å². The summed E-state index contributed by atoms with van der Waals surface area (Å²) in [5.74, 6) is -0.828. The SMILES string of the molecule is Cc1nn(Cc2ccccc2Cl)c(C)c1CN(C)C(C)C(=O)O.Cl. The quantitative estimate of drug-likeness (QED) is 0.843. The molecule has 0 amide bonds. The van der Waals surface area contributed by atoms with E-state index < -0.39 is 12.0 Å². The molecule has 24 heavy (non-hydrogen) atoms. The van der Waals surface area contributed by atoms with Crippen molar-refractivity contribution < 1.29 is 9.90 Å². The molecule has 0 spiro atoms. The van der Waals surface area contributed by atoms with Crippen LogP contribution in [0.5, 0.6) is 0 Å². The Morgan fingerprint density at radius 2 is 2.00 bits per heavy atom. The van der Waals surface area contributed by atoms with Crippen molar-refractivity contribution in [3.05, 3.63) is 51.8 Å². The number of halogens is 2. The summed E-state index contributed by atoms with van der Waals surface area (Å²) >= 11 is 6.22. The van der Waals surface area contributed by atoms with Gasteiger partial charge in [0.15, 0.2) is 0 Å². The number of nitrogens with zero attached hydrogens (tertiary/aromatic N) is 3. The molecule has 0 bridgehead atoms. The Morgan fingerprint density at radius 1 is 1.38 bits per heavy atom. The number of aliphatic carboxylic acids is 1. The molecule has 1 unspecified atom stereocenters. The van der Waals surface area contributed by atoms with Crippen LogP contribution in [0.25, 0.3) is 0 Å². The lowest BCUT2D eigenvalue weighted by Gasteiger charge is -2.21. The Morgan fingerprint density at radius 3 is 2.58 bits per heavy atom. The minimum atomic E-state index is -0.828. The van der Waals surface area contributed by atoms with Gasteiger partial charge < -0.3 is 5.11 Å². The number of hydrogen-bond donors (Lipinski definition) is 1. The van der Waals surface area contributed by atoms with Gasteiger partial charge in [-0.15, -0.1) is 12.4 Å². The first-order valence-corrected chi connectivity index (χ1v) is 7.88. The Kier molecular flexibility index (Phi) is 7.27. The summed E-state index contributed by atoms with van der Waals surface area (Å²) in [5, 5.41) is 14.4. The summed E-state index contributed by atoms with van der Waals surface area (Å²) in [5.41, 5.74) is 4.03. The predicted molar refractivity (Wildman–Crippen MR) is 98.1 cm³/mol. The second-order valence-corrected chi connectivity index (χ2v) is 6.23. The van der Waals surface area contributed by atoms with Gasteiger partial charge >= 0.3 is 5.97 Å². The maximum absolute atomic E-state index is 11.1. The maximum Gasteiger partial charge on any atom is 0.320 e. The summed E-state index contributed by atoms with van der Waals surface area (Å²) in [7, 11) is 1.81. The average molecular weight is 372 g/mol. The van der Waals surface area contributed by atoms with Gasteiger partial charge in [0, 0.05) is 22.8 Å². The number of carbonyl (C=O) groups is 1. The van der Waals surface area contributed by atoms with Gasteiger partial charge in [-0.2, -0.15) is 5.10 Å². The van der Waals surface area contributed by atoms with Crippen LogP contribution in [0.4, 0.5) is 0 Å². The second-order valence-electron chi connectivity index (χ2n) is 5.83. The van der Waals surface area contributed by atoms with Crippen LogP contribution in [0.1, 0.15) is 29.4 Å². The highest BCUT2D eigenvalue weighted by Gasteiger charge is 2.20. The number of hydrogen-bond acceptors (Lipinski definition) is 3. The van der Waals surface area contributed by atoms with Crippen LogP contribution in [0.2, 0.25) is 5.02 Å². The monoisotopic (exact) mass is 371 g/mol. The lowest BCUT2D eigenvalue weighted by Crippen LogP contribution is -2.35. The van der Waals surface area contributed by atoms with Gasteiger partial charge in [-0.25, -0.2) is 0 Å². The van der Waals surface area contributed by atoms with E-state index in [9.17, 15) is 4.79 Å². The number of aryl methyl sites for hydroxylation is 1. The number of aromatic nitrogens is 2. The third-order valence-corrected chi connectivity index (χ3v) is 4.60. The minimum Gasteiger partial charge on any atom is -0.480 e. The molecule has 1 atom stereocenters. The van der Waals surface area contributed by atoms with Gasteiger partial charge in [-0.3, -0.25) is 14.4 Å². The number of likely N-dealkylation sites (N-methyl/N-ethyl adjacent to an activating group) is 1. The van der Waals surface area contributed by atoms with E-state index in [0.29, 0.717) is 13.1 Å². The second kappa shape index (κ2) is 8.51. The zero-order valence-electron chi connectivity index (χ0n) is 14.3. The van der Waals surface area contributed by atoms with E-state index in [-0.39, 0.29) is 12.4 Å². The van der Waals surface area contributed by atoms with Crippen LogP contribution in [-0.2, 0) is 17.9 Å². The zero-order chi connectivity index (χ0) is 17.1. The minimum absolute atomic E-state index is 0. The van der Waals surface area contributed by atoms with Gasteiger partial charge in [0.05, 0.1) is 12.2 Å². The molecule has 1 heterocycles. The van der Waals surface area contributed by atoms with Crippen molar-refractivity contribution in [2.75, 3.05) is 7.05 Å². The van der Waals surface area contributed by atoms with Crippen LogP contribution < -0.4 is 0 Å². The van der Waals surface area contributed by atoms with Crippen LogP contribution >= 0.6 is 24.0 Å². The first-order chi connectivity index (χ1) is 10.8. The summed E-state index contributed by atoms with van der Waals surface area (Å²) in [6.45, 7) is 6.79. The average Bonchev–Trinajstić information content (AvgIpc) is 2.76. The molecule has 0 aliphatic rings. The molecule has 2 rings (SSSR count). The highest BCUT2D eigenvalue weighted by atomic mass is 35.5. The van der Waals surface area contributed by atoms with Crippen molar-refractivity contribution in [2.24, 2.45) is 0 Å². The van der Waals surface area contributed by atoms with Crippen LogP contribution in [0, 0.1) is 13.8 Å². The van der Waals surface area contributed by atoms with E-state index in [4.69, 9.17) is 16.7 Å². The maximum atomic E-state index is 11.1. The number of carboxylic acid groups (broad SMARTS) is 1. The molecule has 1 N–H and O–H groups in total. The lowest BCUT2D eigenvalue weighted by atomic mass is 10.1. The molecule has 0 radical (unpaired) electrons. The Labute approximate surface area is 153 Å². The first-order valence-electron chi connectivity index (χ1n) is 7.50. The lowest BCUT2D eigenvalue weighted by molar-refractivity contribution is -0.142. The van der Waals surface area contributed by atoms with E-state index in [1.807, 2.05) is 49.8 Å². The molecule has 0 saturated carbocycles. The predicted octanol–water partition coefficient (Wildman–Crippen LogP) is 3.53. The molecular formula is C17H23Cl2N3O2. The zero-order valence-corrected chi connectivity index (χ0v) is 15.9. The molecule has 132 valence electrons. The van der Waals surface area contributed by atoms with E-state index in [2.05, 4.69) is 5.10 Å². The molecule has 0 saturated heterocycles. The van der Waals surface area contributed by atoms with Gasteiger partial charge in [0.2, 0.25) is 0 Å². The topological polar surface area (TPSA) is 58.4 Å². The Hall–Kier alpha value is -1.56. The molecule has 2 aromatic rings. The molecule has 1 aromatic heterocycles. The van der Waals surface area contributed by atoms with Crippen molar-refractivity contribution >= 4 is 30.0 Å². The Balaban J connectivity index is 0.00000288. The van der Waals surface area contributed by atoms with Gasteiger partial charge in [-0.1, -0.05) is 29.8 Å².